The fourth-order valence-corrected chi connectivity index (χ4v) is 3.50. The second-order valence-corrected chi connectivity index (χ2v) is 6.34. The molecule has 1 N–H and O–H groups in total. The van der Waals surface area contributed by atoms with Crippen LogP contribution in [0.4, 0.5) is 0 Å². The van der Waals surface area contributed by atoms with Crippen LogP contribution >= 0.6 is 0 Å². The summed E-state index contributed by atoms with van der Waals surface area (Å²) in [6, 6.07) is 4.63. The Kier molecular flexibility index (Phi) is 5.75. The third-order valence-corrected chi connectivity index (χ3v) is 4.72. The number of nitrogens with one attached hydrogen (secondary N) is 1. The maximum atomic E-state index is 5.38. The van der Waals surface area contributed by atoms with Crippen LogP contribution in [0.15, 0.2) is 40.5 Å². The maximum Gasteiger partial charge on any atom is 0.194 e. The summed E-state index contributed by atoms with van der Waals surface area (Å²) in [6.45, 7) is 10.0. The van der Waals surface area contributed by atoms with E-state index in [2.05, 4.69) is 21.7 Å². The van der Waals surface area contributed by atoms with E-state index in [1.807, 2.05) is 18.2 Å². The monoisotopic (exact) mass is 316 g/mol. The molecule has 3 heterocycles. The van der Waals surface area contributed by atoms with Gasteiger partial charge in [-0.3, -0.25) is 9.89 Å². The summed E-state index contributed by atoms with van der Waals surface area (Å²) in [5.41, 5.74) is 0. The first-order valence-corrected chi connectivity index (χ1v) is 8.77. The van der Waals surface area contributed by atoms with E-state index >= 15 is 0 Å². The predicted octanol–water partition coefficient (Wildman–Crippen LogP) is 2.12. The van der Waals surface area contributed by atoms with Gasteiger partial charge in [0.1, 0.15) is 5.76 Å². The number of hydrogen-bond donors (Lipinski definition) is 1. The number of likely N-dealkylation sites (tertiary alicyclic amines) is 2. The second-order valence-electron chi connectivity index (χ2n) is 6.34. The SMILES string of the molecule is C=CCNC(=NCCc1ccco1)N1CCC(N2CCCC2)C1. The highest BCUT2D eigenvalue weighted by Crippen LogP contribution is 2.20. The Morgan fingerprint density at radius 1 is 1.39 bits per heavy atom. The average Bonchev–Trinajstić information content (AvgIpc) is 3.32. The average molecular weight is 316 g/mol. The van der Waals surface area contributed by atoms with Crippen molar-refractivity contribution in [3.8, 4) is 0 Å². The molecule has 5 heteroatoms. The zero-order chi connectivity index (χ0) is 15.9. The molecule has 2 fully saturated rings. The third-order valence-electron chi connectivity index (χ3n) is 4.72. The van der Waals surface area contributed by atoms with Crippen LogP contribution in [0, 0.1) is 0 Å². The van der Waals surface area contributed by atoms with Crippen LogP contribution < -0.4 is 5.32 Å². The van der Waals surface area contributed by atoms with Crippen molar-refractivity contribution in [1.82, 2.24) is 15.1 Å². The predicted molar refractivity (Wildman–Crippen MR) is 93.7 cm³/mol. The summed E-state index contributed by atoms with van der Waals surface area (Å²) in [7, 11) is 0. The Morgan fingerprint density at radius 2 is 2.26 bits per heavy atom. The highest BCUT2D eigenvalue weighted by Gasteiger charge is 2.30. The lowest BCUT2D eigenvalue weighted by Gasteiger charge is -2.25. The van der Waals surface area contributed by atoms with Crippen molar-refractivity contribution in [2.45, 2.75) is 31.7 Å². The molecule has 0 saturated carbocycles. The largest absolute Gasteiger partial charge is 0.469 e. The molecule has 0 amide bonds. The summed E-state index contributed by atoms with van der Waals surface area (Å²) in [6.07, 6.45) is 8.40. The van der Waals surface area contributed by atoms with Gasteiger partial charge in [0.05, 0.1) is 6.26 Å². The first kappa shape index (κ1) is 16.1. The Hall–Kier alpha value is -1.75. The Bertz CT molecular complexity index is 505. The van der Waals surface area contributed by atoms with Gasteiger partial charge in [-0.1, -0.05) is 6.08 Å². The van der Waals surface area contributed by atoms with Gasteiger partial charge in [0, 0.05) is 38.6 Å². The molecule has 0 radical (unpaired) electrons. The summed E-state index contributed by atoms with van der Waals surface area (Å²) in [4.78, 5) is 9.83. The highest BCUT2D eigenvalue weighted by atomic mass is 16.3. The molecule has 1 unspecified atom stereocenters. The van der Waals surface area contributed by atoms with Crippen LogP contribution in [0.25, 0.3) is 0 Å². The van der Waals surface area contributed by atoms with Gasteiger partial charge in [0.25, 0.3) is 0 Å². The minimum atomic E-state index is 0.693. The first-order valence-electron chi connectivity index (χ1n) is 8.77. The summed E-state index contributed by atoms with van der Waals surface area (Å²) < 4.78 is 5.38. The molecule has 23 heavy (non-hydrogen) atoms. The van der Waals surface area contributed by atoms with Gasteiger partial charge >= 0.3 is 0 Å². The summed E-state index contributed by atoms with van der Waals surface area (Å²) in [5.74, 6) is 2.01. The maximum absolute atomic E-state index is 5.38. The molecule has 5 nitrogen and oxygen atoms in total. The van der Waals surface area contributed by atoms with E-state index in [1.165, 1.54) is 32.4 Å². The van der Waals surface area contributed by atoms with Crippen molar-refractivity contribution in [3.63, 3.8) is 0 Å². The fraction of sp³-hybridized carbons (Fsp3) is 0.611. The van der Waals surface area contributed by atoms with Crippen molar-refractivity contribution < 1.29 is 4.42 Å². The minimum absolute atomic E-state index is 0.693. The van der Waals surface area contributed by atoms with Crippen LogP contribution in [0.2, 0.25) is 0 Å². The van der Waals surface area contributed by atoms with Crippen molar-refractivity contribution >= 4 is 5.96 Å². The molecule has 0 aliphatic carbocycles. The van der Waals surface area contributed by atoms with Crippen LogP contribution in [-0.4, -0.2) is 61.1 Å². The number of guanidine groups is 1. The van der Waals surface area contributed by atoms with Crippen molar-refractivity contribution in [1.29, 1.82) is 0 Å². The van der Waals surface area contributed by atoms with Gasteiger partial charge in [-0.2, -0.15) is 0 Å². The fourth-order valence-electron chi connectivity index (χ4n) is 3.50. The molecule has 2 saturated heterocycles. The number of nitrogens with zero attached hydrogens (tertiary/aromatic N) is 3. The van der Waals surface area contributed by atoms with Gasteiger partial charge in [-0.15, -0.1) is 6.58 Å². The van der Waals surface area contributed by atoms with Gasteiger partial charge in [0.2, 0.25) is 0 Å². The Balaban J connectivity index is 1.55. The second kappa shape index (κ2) is 8.20. The molecular weight excluding hydrogens is 288 g/mol. The molecule has 2 aliphatic rings. The van der Waals surface area contributed by atoms with E-state index in [0.717, 1.165) is 44.3 Å². The number of furan rings is 1. The van der Waals surface area contributed by atoms with Gasteiger partial charge in [-0.05, 0) is 44.5 Å². The molecule has 0 bridgehead atoms. The zero-order valence-electron chi connectivity index (χ0n) is 13.9. The van der Waals surface area contributed by atoms with Crippen molar-refractivity contribution in [2.24, 2.45) is 4.99 Å². The smallest absolute Gasteiger partial charge is 0.194 e. The minimum Gasteiger partial charge on any atom is -0.469 e. The normalized spacial score (nSPS) is 22.7. The van der Waals surface area contributed by atoms with Crippen LogP contribution in [0.5, 0.6) is 0 Å². The first-order chi connectivity index (χ1) is 11.4. The lowest BCUT2D eigenvalue weighted by molar-refractivity contribution is 0.249. The number of hydrogen-bond acceptors (Lipinski definition) is 3. The number of rotatable bonds is 6. The molecule has 0 aromatic carbocycles. The van der Waals surface area contributed by atoms with Crippen molar-refractivity contribution in [3.05, 3.63) is 36.8 Å². The molecule has 126 valence electrons. The standard InChI is InChI=1S/C18H28N4O/c1-2-9-19-18(20-10-7-17-6-5-14-23-17)22-13-8-16(15-22)21-11-3-4-12-21/h2,5-6,14,16H,1,3-4,7-13,15H2,(H,19,20). The summed E-state index contributed by atoms with van der Waals surface area (Å²) >= 11 is 0. The molecule has 3 rings (SSSR count). The van der Waals surface area contributed by atoms with E-state index in [1.54, 1.807) is 6.26 Å². The topological polar surface area (TPSA) is 44.0 Å². The molecular formula is C18H28N4O. The lowest BCUT2D eigenvalue weighted by atomic mass is 10.2. The zero-order valence-corrected chi connectivity index (χ0v) is 13.9. The van der Waals surface area contributed by atoms with Crippen LogP contribution in [-0.2, 0) is 6.42 Å². The van der Waals surface area contributed by atoms with Crippen LogP contribution in [0.1, 0.15) is 25.0 Å². The van der Waals surface area contributed by atoms with Gasteiger partial charge < -0.3 is 14.6 Å². The Labute approximate surface area is 139 Å². The summed E-state index contributed by atoms with van der Waals surface area (Å²) in [5, 5.41) is 3.41. The third kappa shape index (κ3) is 4.38. The van der Waals surface area contributed by atoms with E-state index < -0.39 is 0 Å². The number of aliphatic imine (C=N–C) groups is 1. The molecule has 0 spiro atoms. The van der Waals surface area contributed by atoms with E-state index in [4.69, 9.17) is 9.41 Å². The highest BCUT2D eigenvalue weighted by molar-refractivity contribution is 5.80. The van der Waals surface area contributed by atoms with Crippen molar-refractivity contribution in [2.75, 3.05) is 39.3 Å². The molecule has 2 aliphatic heterocycles. The van der Waals surface area contributed by atoms with E-state index in [0.29, 0.717) is 6.04 Å². The van der Waals surface area contributed by atoms with Crippen LogP contribution in [0.3, 0.4) is 0 Å². The lowest BCUT2D eigenvalue weighted by Crippen LogP contribution is -2.43. The molecule has 1 atom stereocenters. The van der Waals surface area contributed by atoms with Gasteiger partial charge in [0.15, 0.2) is 5.96 Å². The quantitative estimate of drug-likeness (QED) is 0.496. The Morgan fingerprint density at radius 3 is 3.00 bits per heavy atom. The van der Waals surface area contributed by atoms with Gasteiger partial charge in [-0.25, -0.2) is 0 Å². The molecule has 1 aromatic rings. The molecule has 1 aromatic heterocycles. The van der Waals surface area contributed by atoms with E-state index in [-0.39, 0.29) is 0 Å². The van der Waals surface area contributed by atoms with E-state index in [9.17, 15) is 0 Å².